The highest BCUT2D eigenvalue weighted by Crippen LogP contribution is 2.31. The summed E-state index contributed by atoms with van der Waals surface area (Å²) in [7, 11) is 1.69. The maximum Gasteiger partial charge on any atom is 0.253 e. The number of amides is 2. The van der Waals surface area contributed by atoms with Gasteiger partial charge in [-0.1, -0.05) is 32.9 Å². The summed E-state index contributed by atoms with van der Waals surface area (Å²) in [4.78, 5) is 30.0. The Morgan fingerprint density at radius 1 is 0.971 bits per heavy atom. The first-order valence-electron chi connectivity index (χ1n) is 12.2. The molecule has 0 bridgehead atoms. The number of nitrogens with one attached hydrogen (secondary N) is 2. The highest BCUT2D eigenvalue weighted by molar-refractivity contribution is 6.02. The Hall–Kier alpha value is -3.22. The van der Waals surface area contributed by atoms with Gasteiger partial charge in [-0.3, -0.25) is 9.59 Å². The number of carbonyl (C=O) groups excluding carboxylic acids is 2. The molecule has 2 N–H and O–H groups in total. The fraction of sp³-hybridized carbons (Fsp3) is 0.481. The summed E-state index contributed by atoms with van der Waals surface area (Å²) in [6.07, 6.45) is 1.30. The van der Waals surface area contributed by atoms with Crippen LogP contribution in [0.5, 0.6) is 5.75 Å². The van der Waals surface area contributed by atoms with Crippen molar-refractivity contribution < 1.29 is 14.3 Å². The standard InChI is InChI=1S/C27H38N4O3/c1-6-20(4)28-27(33)22-18-21(29-26(32)17-19(2)3)11-12-23(22)30-13-15-31(16-14-30)24-9-7-8-10-25(24)34-5/h7-12,18-20H,6,13-17H2,1-5H3,(H,28,33)(H,29,32). The zero-order valence-electron chi connectivity index (χ0n) is 21.1. The van der Waals surface area contributed by atoms with E-state index in [1.54, 1.807) is 13.2 Å². The molecule has 34 heavy (non-hydrogen) atoms. The number of benzene rings is 2. The largest absolute Gasteiger partial charge is 0.495 e. The van der Waals surface area contributed by atoms with Crippen molar-refractivity contribution in [1.82, 2.24) is 5.32 Å². The summed E-state index contributed by atoms with van der Waals surface area (Å²) in [6, 6.07) is 13.8. The van der Waals surface area contributed by atoms with E-state index < -0.39 is 0 Å². The monoisotopic (exact) mass is 466 g/mol. The SMILES string of the molecule is CCC(C)NC(=O)c1cc(NC(=O)CC(C)C)ccc1N1CCN(c2ccccc2OC)CC1. The van der Waals surface area contributed by atoms with E-state index in [1.165, 1.54) is 0 Å². The Morgan fingerprint density at radius 3 is 2.24 bits per heavy atom. The molecule has 0 spiro atoms. The maximum absolute atomic E-state index is 13.2. The van der Waals surface area contributed by atoms with Crippen molar-refractivity contribution in [3.63, 3.8) is 0 Å². The van der Waals surface area contributed by atoms with Gasteiger partial charge in [0.25, 0.3) is 5.91 Å². The van der Waals surface area contributed by atoms with Crippen LogP contribution in [0.4, 0.5) is 17.1 Å². The predicted molar refractivity (Wildman–Crippen MR) is 139 cm³/mol. The number of anilines is 3. The Morgan fingerprint density at radius 2 is 1.62 bits per heavy atom. The predicted octanol–water partition coefficient (Wildman–Crippen LogP) is 4.53. The van der Waals surface area contributed by atoms with E-state index in [9.17, 15) is 9.59 Å². The molecule has 2 amide bonds. The molecule has 3 rings (SSSR count). The molecule has 1 aliphatic heterocycles. The number of carbonyl (C=O) groups is 2. The number of para-hydroxylation sites is 2. The molecule has 1 atom stereocenters. The molecule has 0 aromatic heterocycles. The second kappa shape index (κ2) is 11.8. The molecule has 7 heteroatoms. The van der Waals surface area contributed by atoms with Gasteiger partial charge in [-0.05, 0) is 49.6 Å². The second-order valence-electron chi connectivity index (χ2n) is 9.31. The van der Waals surface area contributed by atoms with Crippen LogP contribution in [0.2, 0.25) is 0 Å². The fourth-order valence-electron chi connectivity index (χ4n) is 4.14. The molecular weight excluding hydrogens is 428 g/mol. The van der Waals surface area contributed by atoms with Gasteiger partial charge in [0.1, 0.15) is 5.75 Å². The molecule has 184 valence electrons. The molecule has 0 aliphatic carbocycles. The van der Waals surface area contributed by atoms with E-state index >= 15 is 0 Å². The van der Waals surface area contributed by atoms with E-state index in [0.717, 1.165) is 49.7 Å². The molecule has 0 saturated carbocycles. The van der Waals surface area contributed by atoms with Gasteiger partial charge < -0.3 is 25.2 Å². The molecular formula is C27H38N4O3. The first-order chi connectivity index (χ1) is 16.3. The summed E-state index contributed by atoms with van der Waals surface area (Å²) in [5.41, 5.74) is 3.22. The minimum absolute atomic E-state index is 0.0403. The van der Waals surface area contributed by atoms with Crippen LogP contribution in [-0.2, 0) is 4.79 Å². The lowest BCUT2D eigenvalue weighted by Gasteiger charge is -2.38. The number of nitrogens with zero attached hydrogens (tertiary/aromatic N) is 2. The summed E-state index contributed by atoms with van der Waals surface area (Å²) < 4.78 is 5.53. The average molecular weight is 467 g/mol. The summed E-state index contributed by atoms with van der Waals surface area (Å²) in [5.74, 6) is 0.982. The van der Waals surface area contributed by atoms with E-state index in [0.29, 0.717) is 17.7 Å². The van der Waals surface area contributed by atoms with Crippen molar-refractivity contribution in [3.05, 3.63) is 48.0 Å². The summed E-state index contributed by atoms with van der Waals surface area (Å²) >= 11 is 0. The number of ether oxygens (including phenoxy) is 1. The zero-order chi connectivity index (χ0) is 24.7. The van der Waals surface area contributed by atoms with Gasteiger partial charge in [0.05, 0.1) is 18.4 Å². The molecule has 2 aromatic rings. The van der Waals surface area contributed by atoms with Crippen LogP contribution in [0.25, 0.3) is 0 Å². The molecule has 1 heterocycles. The van der Waals surface area contributed by atoms with E-state index in [-0.39, 0.29) is 23.8 Å². The van der Waals surface area contributed by atoms with Gasteiger partial charge in [-0.2, -0.15) is 0 Å². The van der Waals surface area contributed by atoms with Crippen molar-refractivity contribution in [2.45, 2.75) is 46.6 Å². The van der Waals surface area contributed by atoms with Crippen molar-refractivity contribution in [2.75, 3.05) is 48.4 Å². The van der Waals surface area contributed by atoms with E-state index in [4.69, 9.17) is 4.74 Å². The number of rotatable bonds is 9. The molecule has 2 aromatic carbocycles. The van der Waals surface area contributed by atoms with Crippen LogP contribution < -0.4 is 25.2 Å². The topological polar surface area (TPSA) is 73.9 Å². The number of hydrogen-bond donors (Lipinski definition) is 2. The normalized spacial score (nSPS) is 14.6. The van der Waals surface area contributed by atoms with Crippen molar-refractivity contribution in [3.8, 4) is 5.75 Å². The minimum atomic E-state index is -0.114. The first kappa shape index (κ1) is 25.4. The van der Waals surface area contributed by atoms with Crippen molar-refractivity contribution in [1.29, 1.82) is 0 Å². The second-order valence-corrected chi connectivity index (χ2v) is 9.31. The van der Waals surface area contributed by atoms with Gasteiger partial charge in [-0.25, -0.2) is 0 Å². The van der Waals surface area contributed by atoms with Crippen LogP contribution in [0.15, 0.2) is 42.5 Å². The van der Waals surface area contributed by atoms with E-state index in [2.05, 4.69) is 26.5 Å². The van der Waals surface area contributed by atoms with E-state index in [1.807, 2.05) is 58.0 Å². The quantitative estimate of drug-likeness (QED) is 0.568. The molecule has 1 unspecified atom stereocenters. The van der Waals surface area contributed by atoms with Gasteiger partial charge in [0.15, 0.2) is 0 Å². The van der Waals surface area contributed by atoms with Crippen LogP contribution in [-0.4, -0.2) is 51.1 Å². The third kappa shape index (κ3) is 6.43. The molecule has 7 nitrogen and oxygen atoms in total. The van der Waals surface area contributed by atoms with Crippen LogP contribution in [0.3, 0.4) is 0 Å². The number of methoxy groups -OCH3 is 1. The van der Waals surface area contributed by atoms with Gasteiger partial charge in [0, 0.05) is 50.0 Å². The third-order valence-corrected chi connectivity index (χ3v) is 6.15. The summed E-state index contributed by atoms with van der Waals surface area (Å²) in [5, 5.41) is 6.03. The number of hydrogen-bond acceptors (Lipinski definition) is 5. The lowest BCUT2D eigenvalue weighted by molar-refractivity contribution is -0.116. The summed E-state index contributed by atoms with van der Waals surface area (Å²) in [6.45, 7) is 11.3. The van der Waals surface area contributed by atoms with Gasteiger partial charge in [-0.15, -0.1) is 0 Å². The smallest absolute Gasteiger partial charge is 0.253 e. The van der Waals surface area contributed by atoms with Crippen LogP contribution >= 0.6 is 0 Å². The van der Waals surface area contributed by atoms with Gasteiger partial charge >= 0.3 is 0 Å². The van der Waals surface area contributed by atoms with Crippen LogP contribution in [0, 0.1) is 5.92 Å². The first-order valence-corrected chi connectivity index (χ1v) is 12.2. The molecule has 1 saturated heterocycles. The fourth-order valence-corrected chi connectivity index (χ4v) is 4.14. The van der Waals surface area contributed by atoms with Crippen molar-refractivity contribution >= 4 is 28.9 Å². The molecule has 0 radical (unpaired) electrons. The lowest BCUT2D eigenvalue weighted by atomic mass is 10.1. The average Bonchev–Trinajstić information content (AvgIpc) is 2.83. The van der Waals surface area contributed by atoms with Gasteiger partial charge in [0.2, 0.25) is 5.91 Å². The Kier molecular flexibility index (Phi) is 8.79. The van der Waals surface area contributed by atoms with Crippen molar-refractivity contribution in [2.24, 2.45) is 5.92 Å². The lowest BCUT2D eigenvalue weighted by Crippen LogP contribution is -2.47. The minimum Gasteiger partial charge on any atom is -0.495 e. The third-order valence-electron chi connectivity index (χ3n) is 6.15. The zero-order valence-corrected chi connectivity index (χ0v) is 21.1. The Balaban J connectivity index is 1.80. The Labute approximate surface area is 203 Å². The molecule has 1 fully saturated rings. The maximum atomic E-state index is 13.2. The Bertz CT molecular complexity index is 984. The highest BCUT2D eigenvalue weighted by atomic mass is 16.5. The van der Waals surface area contributed by atoms with Crippen LogP contribution in [0.1, 0.15) is 50.9 Å². The molecule has 1 aliphatic rings. The number of piperazine rings is 1. The highest BCUT2D eigenvalue weighted by Gasteiger charge is 2.24.